The molecular weight excluding hydrogens is 226 g/mol. The summed E-state index contributed by atoms with van der Waals surface area (Å²) in [6.07, 6.45) is 9.02. The first-order valence-electron chi connectivity index (χ1n) is 6.63. The summed E-state index contributed by atoms with van der Waals surface area (Å²) in [5, 5.41) is 0. The summed E-state index contributed by atoms with van der Waals surface area (Å²) in [4.78, 5) is 4.62. The lowest BCUT2D eigenvalue weighted by atomic mass is 10.1. The summed E-state index contributed by atoms with van der Waals surface area (Å²) in [5.74, 6) is 0. The van der Waals surface area contributed by atoms with Crippen LogP contribution in [0.3, 0.4) is 0 Å². The lowest BCUT2D eigenvalue weighted by Crippen LogP contribution is -2.21. The van der Waals surface area contributed by atoms with Crippen molar-refractivity contribution in [1.82, 2.24) is 9.38 Å². The van der Waals surface area contributed by atoms with Gasteiger partial charge in [0.05, 0.1) is 11.8 Å². The molecule has 1 aliphatic heterocycles. The number of nitrogens with zero attached hydrogens (tertiary/aromatic N) is 2. The van der Waals surface area contributed by atoms with Gasteiger partial charge in [-0.05, 0) is 30.9 Å². The minimum Gasteiger partial charge on any atom is -0.378 e. The molecule has 0 aromatic carbocycles. The topological polar surface area (TPSA) is 52.5 Å². The number of hydrogen-bond donors (Lipinski definition) is 1. The van der Waals surface area contributed by atoms with Crippen LogP contribution in [0.4, 0.5) is 0 Å². The zero-order chi connectivity index (χ0) is 12.4. The third-order valence-corrected chi connectivity index (χ3v) is 3.51. The molecule has 0 spiro atoms. The molecule has 4 nitrogen and oxygen atoms in total. The van der Waals surface area contributed by atoms with E-state index in [0.717, 1.165) is 36.4 Å². The Morgan fingerprint density at radius 1 is 1.33 bits per heavy atom. The number of fused-ring (bicyclic) bond motifs is 1. The number of hydrogen-bond acceptors (Lipinski definition) is 3. The molecular formula is C14H19N3O. The Morgan fingerprint density at radius 2 is 2.28 bits per heavy atom. The molecule has 1 unspecified atom stereocenters. The number of nitrogens with two attached hydrogens (primary N) is 1. The normalized spacial score (nSPS) is 20.4. The van der Waals surface area contributed by atoms with Gasteiger partial charge in [0.1, 0.15) is 5.65 Å². The molecule has 3 rings (SSSR count). The zero-order valence-electron chi connectivity index (χ0n) is 10.5. The van der Waals surface area contributed by atoms with Crippen LogP contribution < -0.4 is 5.73 Å². The zero-order valence-corrected chi connectivity index (χ0v) is 10.5. The quantitative estimate of drug-likeness (QED) is 0.898. The Balaban J connectivity index is 1.79. The van der Waals surface area contributed by atoms with Crippen LogP contribution in [0, 0.1) is 0 Å². The highest BCUT2D eigenvalue weighted by Gasteiger charge is 2.15. The van der Waals surface area contributed by atoms with Crippen LogP contribution in [-0.4, -0.2) is 22.1 Å². The summed E-state index contributed by atoms with van der Waals surface area (Å²) in [6.45, 7) is 1.46. The summed E-state index contributed by atoms with van der Waals surface area (Å²) in [6, 6.07) is 4.05. The average Bonchev–Trinajstić information content (AvgIpc) is 2.80. The fourth-order valence-corrected chi connectivity index (χ4v) is 2.51. The Kier molecular flexibility index (Phi) is 3.30. The van der Waals surface area contributed by atoms with Gasteiger partial charge < -0.3 is 14.9 Å². The predicted octanol–water partition coefficient (Wildman–Crippen LogP) is 1.90. The van der Waals surface area contributed by atoms with Gasteiger partial charge in [-0.25, -0.2) is 4.98 Å². The molecule has 1 fully saturated rings. The van der Waals surface area contributed by atoms with Crippen LogP contribution in [0.2, 0.25) is 0 Å². The van der Waals surface area contributed by atoms with E-state index in [2.05, 4.69) is 15.6 Å². The molecule has 18 heavy (non-hydrogen) atoms. The molecule has 4 heteroatoms. The van der Waals surface area contributed by atoms with Gasteiger partial charge in [0.15, 0.2) is 0 Å². The minimum atomic E-state index is 0.345. The largest absolute Gasteiger partial charge is 0.378 e. The average molecular weight is 245 g/mol. The molecule has 1 aliphatic rings. The molecule has 2 N–H and O–H groups in total. The fraction of sp³-hybridized carbons (Fsp3) is 0.500. The fourth-order valence-electron chi connectivity index (χ4n) is 2.51. The van der Waals surface area contributed by atoms with Crippen molar-refractivity contribution < 1.29 is 4.74 Å². The first-order chi connectivity index (χ1) is 8.85. The van der Waals surface area contributed by atoms with Gasteiger partial charge >= 0.3 is 0 Å². The Bertz CT molecular complexity index is 529. The monoisotopic (exact) mass is 245 g/mol. The van der Waals surface area contributed by atoms with Gasteiger partial charge in [0.2, 0.25) is 0 Å². The second kappa shape index (κ2) is 5.08. The van der Waals surface area contributed by atoms with E-state index in [1.165, 1.54) is 12.8 Å². The molecule has 0 aliphatic carbocycles. The van der Waals surface area contributed by atoms with E-state index >= 15 is 0 Å². The van der Waals surface area contributed by atoms with E-state index in [4.69, 9.17) is 10.5 Å². The number of ether oxygens (including phenoxy) is 1. The summed E-state index contributed by atoms with van der Waals surface area (Å²) < 4.78 is 7.81. The maximum absolute atomic E-state index is 5.75. The van der Waals surface area contributed by atoms with E-state index in [9.17, 15) is 0 Å². The van der Waals surface area contributed by atoms with Crippen LogP contribution >= 0.6 is 0 Å². The summed E-state index contributed by atoms with van der Waals surface area (Å²) in [7, 11) is 0. The molecule has 1 saturated heterocycles. The molecule has 96 valence electrons. The van der Waals surface area contributed by atoms with E-state index < -0.39 is 0 Å². The van der Waals surface area contributed by atoms with Gasteiger partial charge in [-0.1, -0.05) is 6.07 Å². The first kappa shape index (κ1) is 11.7. The Labute approximate surface area is 107 Å². The molecule has 0 bridgehead atoms. The molecule has 0 saturated carbocycles. The molecule has 0 amide bonds. The summed E-state index contributed by atoms with van der Waals surface area (Å²) >= 11 is 0. The van der Waals surface area contributed by atoms with Crippen molar-refractivity contribution in [2.75, 3.05) is 6.61 Å². The van der Waals surface area contributed by atoms with Crippen LogP contribution in [0.25, 0.3) is 5.65 Å². The number of rotatable bonds is 3. The maximum atomic E-state index is 5.75. The van der Waals surface area contributed by atoms with Gasteiger partial charge in [-0.2, -0.15) is 0 Å². The molecule has 0 radical (unpaired) electrons. The highest BCUT2D eigenvalue weighted by molar-refractivity contribution is 5.41. The highest BCUT2D eigenvalue weighted by atomic mass is 16.5. The van der Waals surface area contributed by atoms with Crippen LogP contribution in [0.15, 0.2) is 24.5 Å². The van der Waals surface area contributed by atoms with Crippen molar-refractivity contribution in [2.24, 2.45) is 5.73 Å². The van der Waals surface area contributed by atoms with Crippen molar-refractivity contribution in [2.45, 2.75) is 38.3 Å². The lowest BCUT2D eigenvalue weighted by molar-refractivity contribution is 0.0163. The first-order valence-corrected chi connectivity index (χ1v) is 6.63. The lowest BCUT2D eigenvalue weighted by Gasteiger charge is -2.21. The second-order valence-electron chi connectivity index (χ2n) is 4.93. The van der Waals surface area contributed by atoms with Gasteiger partial charge in [-0.3, -0.25) is 0 Å². The number of imidazole rings is 1. The molecule has 2 aromatic heterocycles. The molecule has 2 aromatic rings. The molecule has 3 heterocycles. The van der Waals surface area contributed by atoms with Gasteiger partial charge in [-0.15, -0.1) is 0 Å². The smallest absolute Gasteiger partial charge is 0.136 e. The van der Waals surface area contributed by atoms with E-state index in [1.54, 1.807) is 0 Å². The van der Waals surface area contributed by atoms with Crippen molar-refractivity contribution in [3.05, 3.63) is 35.8 Å². The van der Waals surface area contributed by atoms with Gasteiger partial charge in [0.25, 0.3) is 0 Å². The van der Waals surface area contributed by atoms with Crippen molar-refractivity contribution in [3.8, 4) is 0 Å². The summed E-state index contributed by atoms with van der Waals surface area (Å²) in [5.41, 5.74) is 8.86. The predicted molar refractivity (Wildman–Crippen MR) is 70.4 cm³/mol. The van der Waals surface area contributed by atoms with E-state index in [0.29, 0.717) is 12.6 Å². The third-order valence-electron chi connectivity index (χ3n) is 3.51. The van der Waals surface area contributed by atoms with E-state index in [-0.39, 0.29) is 0 Å². The molecule has 1 atom stereocenters. The van der Waals surface area contributed by atoms with Crippen molar-refractivity contribution >= 4 is 5.65 Å². The van der Waals surface area contributed by atoms with Gasteiger partial charge in [0, 0.05) is 32.0 Å². The number of aromatic nitrogens is 2. The highest BCUT2D eigenvalue weighted by Crippen LogP contribution is 2.17. The standard InChI is InChI=1S/C14H19N3O/c15-8-11-4-5-14-16-12(10-17(14)9-11)7-13-3-1-2-6-18-13/h4-5,9-10,13H,1-3,6-8,15H2. The van der Waals surface area contributed by atoms with Crippen LogP contribution in [0.5, 0.6) is 0 Å². The third kappa shape index (κ3) is 2.40. The maximum Gasteiger partial charge on any atom is 0.136 e. The van der Waals surface area contributed by atoms with Crippen molar-refractivity contribution in [3.63, 3.8) is 0 Å². The number of pyridine rings is 1. The van der Waals surface area contributed by atoms with E-state index in [1.807, 2.05) is 18.3 Å². The SMILES string of the molecule is NCc1ccc2nc(CC3CCCCO3)cn2c1. The second-order valence-corrected chi connectivity index (χ2v) is 4.93. The Hall–Kier alpha value is -1.39. The Morgan fingerprint density at radius 3 is 3.06 bits per heavy atom. The van der Waals surface area contributed by atoms with Crippen molar-refractivity contribution in [1.29, 1.82) is 0 Å². The van der Waals surface area contributed by atoms with Crippen LogP contribution in [-0.2, 0) is 17.7 Å². The van der Waals surface area contributed by atoms with Crippen LogP contribution in [0.1, 0.15) is 30.5 Å². The minimum absolute atomic E-state index is 0.345.